The summed E-state index contributed by atoms with van der Waals surface area (Å²) in [6, 6.07) is 5.36. The largest absolute Gasteiger partial charge is 0.396 e. The molecule has 0 unspecified atom stereocenters. The number of para-hydroxylation sites is 1. The van der Waals surface area contributed by atoms with Crippen molar-refractivity contribution in [2.45, 2.75) is 19.8 Å². The quantitative estimate of drug-likeness (QED) is 0.711. The molecule has 1 heterocycles. The summed E-state index contributed by atoms with van der Waals surface area (Å²) >= 11 is 0. The Hall–Kier alpha value is -2.24. The van der Waals surface area contributed by atoms with Gasteiger partial charge >= 0.3 is 0 Å². The molecule has 1 fully saturated rings. The lowest BCUT2D eigenvalue weighted by molar-refractivity contribution is -0.119. The number of rotatable bonds is 4. The summed E-state index contributed by atoms with van der Waals surface area (Å²) < 4.78 is 0. The molecule has 0 aromatic heterocycles. The van der Waals surface area contributed by atoms with Gasteiger partial charge in [-0.15, -0.1) is 0 Å². The van der Waals surface area contributed by atoms with Gasteiger partial charge in [-0.3, -0.25) is 9.59 Å². The molecule has 2 amide bonds. The van der Waals surface area contributed by atoms with Gasteiger partial charge in [-0.25, -0.2) is 0 Å². The molecule has 6 heteroatoms. The fourth-order valence-corrected chi connectivity index (χ4v) is 2.71. The Kier molecular flexibility index (Phi) is 4.67. The number of hydrogen-bond acceptors (Lipinski definition) is 4. The Morgan fingerprint density at radius 3 is 2.57 bits per heavy atom. The summed E-state index contributed by atoms with van der Waals surface area (Å²) in [7, 11) is 0. The standard InChI is InChI=1S/C15H22N4O2/c1-10(20)18-9-11-5-7-19(8-6-11)13-4-2-3-12(14(13)16)15(17)21/h2-4,11H,5-9,16H2,1H3,(H2,17,21)(H,18,20). The zero-order valence-electron chi connectivity index (χ0n) is 12.3. The van der Waals surface area contributed by atoms with Gasteiger partial charge in [0, 0.05) is 26.6 Å². The summed E-state index contributed by atoms with van der Waals surface area (Å²) in [5, 5.41) is 2.86. The van der Waals surface area contributed by atoms with Crippen LogP contribution in [0.15, 0.2) is 18.2 Å². The first-order valence-electron chi connectivity index (χ1n) is 7.16. The van der Waals surface area contributed by atoms with Crippen molar-refractivity contribution in [2.24, 2.45) is 11.7 Å². The van der Waals surface area contributed by atoms with Crippen LogP contribution in [0.5, 0.6) is 0 Å². The lowest BCUT2D eigenvalue weighted by Gasteiger charge is -2.34. The second kappa shape index (κ2) is 6.47. The topological polar surface area (TPSA) is 101 Å². The Morgan fingerprint density at radius 2 is 2.00 bits per heavy atom. The average Bonchev–Trinajstić information content (AvgIpc) is 2.45. The first-order valence-corrected chi connectivity index (χ1v) is 7.16. The molecule has 0 spiro atoms. The van der Waals surface area contributed by atoms with Crippen molar-refractivity contribution in [3.63, 3.8) is 0 Å². The van der Waals surface area contributed by atoms with E-state index in [0.717, 1.165) is 38.2 Å². The van der Waals surface area contributed by atoms with Crippen molar-refractivity contribution in [3.8, 4) is 0 Å². The molecule has 0 atom stereocenters. The van der Waals surface area contributed by atoms with Crippen molar-refractivity contribution < 1.29 is 9.59 Å². The number of nitrogens with two attached hydrogens (primary N) is 2. The number of anilines is 2. The van der Waals surface area contributed by atoms with Crippen molar-refractivity contribution in [1.82, 2.24) is 5.32 Å². The van der Waals surface area contributed by atoms with Crippen molar-refractivity contribution in [2.75, 3.05) is 30.3 Å². The highest BCUT2D eigenvalue weighted by Crippen LogP contribution is 2.30. The van der Waals surface area contributed by atoms with Gasteiger partial charge in [0.1, 0.15) is 0 Å². The minimum atomic E-state index is -0.505. The second-order valence-electron chi connectivity index (χ2n) is 5.47. The molecule has 6 nitrogen and oxygen atoms in total. The Bertz CT molecular complexity index is 536. The molecule has 1 aliphatic heterocycles. The van der Waals surface area contributed by atoms with Crippen LogP contribution in [0.4, 0.5) is 11.4 Å². The molecule has 1 aromatic carbocycles. The van der Waals surface area contributed by atoms with Gasteiger partial charge in [-0.1, -0.05) is 6.07 Å². The molecule has 1 saturated heterocycles. The number of nitrogens with one attached hydrogen (secondary N) is 1. The van der Waals surface area contributed by atoms with Crippen molar-refractivity contribution in [1.29, 1.82) is 0 Å². The molecule has 0 aliphatic carbocycles. The summed E-state index contributed by atoms with van der Waals surface area (Å²) in [5.74, 6) is -0.00331. The van der Waals surface area contributed by atoms with Crippen LogP contribution >= 0.6 is 0 Å². The van der Waals surface area contributed by atoms with Crippen LogP contribution in [0.25, 0.3) is 0 Å². The first-order chi connectivity index (χ1) is 9.99. The summed E-state index contributed by atoms with van der Waals surface area (Å²) in [6.45, 7) is 3.97. The number of piperidine rings is 1. The third kappa shape index (κ3) is 3.65. The number of carbonyl (C=O) groups excluding carboxylic acids is 2. The van der Waals surface area contributed by atoms with Gasteiger partial charge < -0.3 is 21.7 Å². The van der Waals surface area contributed by atoms with Crippen LogP contribution in [-0.2, 0) is 4.79 Å². The van der Waals surface area contributed by atoms with E-state index in [1.54, 1.807) is 12.1 Å². The highest BCUT2D eigenvalue weighted by Gasteiger charge is 2.22. The number of primary amides is 1. The van der Waals surface area contributed by atoms with E-state index < -0.39 is 5.91 Å². The van der Waals surface area contributed by atoms with E-state index >= 15 is 0 Å². The monoisotopic (exact) mass is 290 g/mol. The smallest absolute Gasteiger partial charge is 0.250 e. The summed E-state index contributed by atoms with van der Waals surface area (Å²) in [5.41, 5.74) is 13.1. The number of hydrogen-bond donors (Lipinski definition) is 3. The van der Waals surface area contributed by atoms with Crippen LogP contribution in [0.3, 0.4) is 0 Å². The predicted molar refractivity (Wildman–Crippen MR) is 83.0 cm³/mol. The molecule has 0 saturated carbocycles. The molecule has 5 N–H and O–H groups in total. The van der Waals surface area contributed by atoms with E-state index in [1.165, 1.54) is 6.92 Å². The first kappa shape index (κ1) is 15.2. The third-order valence-electron chi connectivity index (χ3n) is 3.94. The van der Waals surface area contributed by atoms with E-state index in [1.807, 2.05) is 6.07 Å². The maximum Gasteiger partial charge on any atom is 0.250 e. The normalized spacial score (nSPS) is 15.8. The Balaban J connectivity index is 2.01. The van der Waals surface area contributed by atoms with Crippen LogP contribution < -0.4 is 21.7 Å². The molecule has 2 rings (SSSR count). The maximum absolute atomic E-state index is 11.3. The number of amides is 2. The Morgan fingerprint density at radius 1 is 1.33 bits per heavy atom. The SMILES string of the molecule is CC(=O)NCC1CCN(c2cccc(C(N)=O)c2N)CC1. The van der Waals surface area contributed by atoms with Gasteiger partial charge in [0.2, 0.25) is 5.91 Å². The zero-order chi connectivity index (χ0) is 15.4. The van der Waals surface area contributed by atoms with Crippen molar-refractivity contribution >= 4 is 23.2 Å². The lowest BCUT2D eigenvalue weighted by Crippen LogP contribution is -2.38. The molecule has 0 radical (unpaired) electrons. The van der Waals surface area contributed by atoms with Gasteiger partial charge in [-0.05, 0) is 30.9 Å². The second-order valence-corrected chi connectivity index (χ2v) is 5.47. The van der Waals surface area contributed by atoms with Crippen molar-refractivity contribution in [3.05, 3.63) is 23.8 Å². The number of nitrogen functional groups attached to an aromatic ring is 1. The third-order valence-corrected chi connectivity index (χ3v) is 3.94. The Labute approximate surface area is 124 Å². The van der Waals surface area contributed by atoms with E-state index in [4.69, 9.17) is 11.5 Å². The van der Waals surface area contributed by atoms with Gasteiger partial charge in [0.25, 0.3) is 5.91 Å². The van der Waals surface area contributed by atoms with E-state index in [9.17, 15) is 9.59 Å². The molecule has 1 aliphatic rings. The molecular formula is C15H22N4O2. The lowest BCUT2D eigenvalue weighted by atomic mass is 9.96. The minimum absolute atomic E-state index is 0.0100. The van der Waals surface area contributed by atoms with Gasteiger partial charge in [-0.2, -0.15) is 0 Å². The fraction of sp³-hybridized carbons (Fsp3) is 0.467. The maximum atomic E-state index is 11.3. The van der Waals surface area contributed by atoms with Gasteiger partial charge in [0.15, 0.2) is 0 Å². The summed E-state index contributed by atoms with van der Waals surface area (Å²) in [4.78, 5) is 24.5. The average molecular weight is 290 g/mol. The van der Waals surface area contributed by atoms with Crippen LogP contribution in [0.2, 0.25) is 0 Å². The number of carbonyl (C=O) groups is 2. The molecular weight excluding hydrogens is 268 g/mol. The van der Waals surface area contributed by atoms with E-state index in [2.05, 4.69) is 10.2 Å². The van der Waals surface area contributed by atoms with Gasteiger partial charge in [0.05, 0.1) is 16.9 Å². The number of benzene rings is 1. The zero-order valence-corrected chi connectivity index (χ0v) is 12.3. The fourth-order valence-electron chi connectivity index (χ4n) is 2.71. The highest BCUT2D eigenvalue weighted by molar-refractivity contribution is 6.00. The van der Waals surface area contributed by atoms with Crippen LogP contribution in [0.1, 0.15) is 30.1 Å². The molecule has 0 bridgehead atoms. The molecule has 21 heavy (non-hydrogen) atoms. The molecule has 1 aromatic rings. The number of nitrogens with zero attached hydrogens (tertiary/aromatic N) is 1. The van der Waals surface area contributed by atoms with Crippen LogP contribution in [0, 0.1) is 5.92 Å². The van der Waals surface area contributed by atoms with E-state index in [-0.39, 0.29) is 5.91 Å². The molecule has 114 valence electrons. The van der Waals surface area contributed by atoms with E-state index in [0.29, 0.717) is 17.2 Å². The minimum Gasteiger partial charge on any atom is -0.396 e. The summed E-state index contributed by atoms with van der Waals surface area (Å²) in [6.07, 6.45) is 1.97. The van der Waals surface area contributed by atoms with Crippen LogP contribution in [-0.4, -0.2) is 31.4 Å². The predicted octanol–water partition coefficient (Wildman–Crippen LogP) is 0.720. The highest BCUT2D eigenvalue weighted by atomic mass is 16.1.